The average Bonchev–Trinajstić information content (AvgIpc) is 2.98. The fraction of sp³-hybridized carbons (Fsp3) is 0.429. The number of hydrogen-bond donors (Lipinski definition) is 1. The van der Waals surface area contributed by atoms with Crippen molar-refractivity contribution in [2.75, 3.05) is 11.5 Å². The molecule has 2 heterocycles. The number of rotatable bonds is 4. The predicted molar refractivity (Wildman–Crippen MR) is 78.6 cm³/mol. The molecule has 1 unspecified atom stereocenters. The summed E-state index contributed by atoms with van der Waals surface area (Å²) in [5.41, 5.74) is 6.36. The Balaban J connectivity index is 1.74. The minimum atomic E-state index is 0.252. The second-order valence-corrected chi connectivity index (χ2v) is 5.85. The first-order valence-corrected chi connectivity index (χ1v) is 7.88. The van der Waals surface area contributed by atoms with Gasteiger partial charge < -0.3 is 15.0 Å². The number of hydrogen-bond acceptors (Lipinski definition) is 6. The Bertz CT molecular complexity index is 567. The number of thioether (sulfide) groups is 1. The maximum atomic E-state index is 6.02. The molecular formula is C14H17N3O2S. The number of nitrogens with two attached hydrogens (primary N) is 1. The van der Waals surface area contributed by atoms with Crippen LogP contribution in [0.2, 0.25) is 0 Å². The molecule has 0 bridgehead atoms. The van der Waals surface area contributed by atoms with Crippen molar-refractivity contribution in [2.24, 2.45) is 5.73 Å². The summed E-state index contributed by atoms with van der Waals surface area (Å²) in [5, 5.41) is 3.92. The Morgan fingerprint density at radius 3 is 3.15 bits per heavy atom. The lowest BCUT2D eigenvalue weighted by Gasteiger charge is -2.22. The Morgan fingerprint density at radius 2 is 2.40 bits per heavy atom. The largest absolute Gasteiger partial charge is 0.490 e. The molecule has 3 rings (SSSR count). The van der Waals surface area contributed by atoms with Crippen LogP contribution in [-0.4, -0.2) is 27.8 Å². The second kappa shape index (κ2) is 6.28. The lowest BCUT2D eigenvalue weighted by molar-refractivity contribution is 0.211. The minimum absolute atomic E-state index is 0.252. The van der Waals surface area contributed by atoms with Crippen molar-refractivity contribution >= 4 is 11.8 Å². The van der Waals surface area contributed by atoms with E-state index in [1.54, 1.807) is 0 Å². The zero-order chi connectivity index (χ0) is 13.8. The van der Waals surface area contributed by atoms with Crippen LogP contribution < -0.4 is 10.5 Å². The van der Waals surface area contributed by atoms with E-state index in [-0.39, 0.29) is 6.54 Å². The van der Waals surface area contributed by atoms with Crippen LogP contribution in [0.1, 0.15) is 18.7 Å². The van der Waals surface area contributed by atoms with Crippen LogP contribution >= 0.6 is 11.8 Å². The van der Waals surface area contributed by atoms with E-state index in [1.807, 2.05) is 36.0 Å². The topological polar surface area (TPSA) is 74.2 Å². The first-order valence-electron chi connectivity index (χ1n) is 6.72. The van der Waals surface area contributed by atoms with Crippen LogP contribution in [0.5, 0.6) is 5.75 Å². The summed E-state index contributed by atoms with van der Waals surface area (Å²) in [6.45, 7) is 0.252. The first kappa shape index (κ1) is 13.5. The van der Waals surface area contributed by atoms with Gasteiger partial charge >= 0.3 is 0 Å². The van der Waals surface area contributed by atoms with Crippen LogP contribution in [0.15, 0.2) is 28.8 Å². The molecule has 2 aromatic rings. The smallest absolute Gasteiger partial charge is 0.240 e. The van der Waals surface area contributed by atoms with E-state index >= 15 is 0 Å². The van der Waals surface area contributed by atoms with Crippen molar-refractivity contribution in [3.8, 4) is 17.1 Å². The zero-order valence-corrected chi connectivity index (χ0v) is 11.9. The van der Waals surface area contributed by atoms with E-state index in [0.717, 1.165) is 23.5 Å². The van der Waals surface area contributed by atoms with Gasteiger partial charge in [-0.3, -0.25) is 0 Å². The molecule has 1 saturated heterocycles. The van der Waals surface area contributed by atoms with Crippen LogP contribution in [0.4, 0.5) is 0 Å². The third-order valence-electron chi connectivity index (χ3n) is 3.16. The highest BCUT2D eigenvalue weighted by molar-refractivity contribution is 7.99. The van der Waals surface area contributed by atoms with Crippen molar-refractivity contribution in [3.63, 3.8) is 0 Å². The Hall–Kier alpha value is -1.53. The molecule has 6 heteroatoms. The lowest BCUT2D eigenvalue weighted by atomic mass is 10.2. The van der Waals surface area contributed by atoms with Crippen LogP contribution in [0.25, 0.3) is 11.4 Å². The maximum Gasteiger partial charge on any atom is 0.240 e. The second-order valence-electron chi connectivity index (χ2n) is 4.70. The van der Waals surface area contributed by atoms with Gasteiger partial charge in [-0.05, 0) is 30.7 Å². The van der Waals surface area contributed by atoms with Gasteiger partial charge in [-0.2, -0.15) is 16.7 Å². The molecule has 1 aromatic heterocycles. The van der Waals surface area contributed by atoms with E-state index in [4.69, 9.17) is 15.0 Å². The Morgan fingerprint density at radius 1 is 1.45 bits per heavy atom. The first-order chi connectivity index (χ1) is 9.85. The molecule has 1 aliphatic heterocycles. The molecule has 2 N–H and O–H groups in total. The van der Waals surface area contributed by atoms with Crippen molar-refractivity contribution in [2.45, 2.75) is 25.5 Å². The van der Waals surface area contributed by atoms with E-state index in [1.165, 1.54) is 12.2 Å². The number of benzene rings is 1. The third-order valence-corrected chi connectivity index (χ3v) is 4.34. The fourth-order valence-corrected chi connectivity index (χ4v) is 3.20. The quantitative estimate of drug-likeness (QED) is 0.932. The van der Waals surface area contributed by atoms with Crippen molar-refractivity contribution < 1.29 is 9.26 Å². The normalized spacial score (nSPS) is 18.9. The summed E-state index contributed by atoms with van der Waals surface area (Å²) in [5.74, 6) is 4.15. The summed E-state index contributed by atoms with van der Waals surface area (Å²) in [4.78, 5) is 4.22. The molecule has 106 valence electrons. The van der Waals surface area contributed by atoms with Gasteiger partial charge in [0.1, 0.15) is 11.9 Å². The average molecular weight is 291 g/mol. The highest BCUT2D eigenvalue weighted by Gasteiger charge is 2.16. The van der Waals surface area contributed by atoms with Crippen LogP contribution in [-0.2, 0) is 6.54 Å². The van der Waals surface area contributed by atoms with Gasteiger partial charge in [0.25, 0.3) is 0 Å². The molecule has 0 radical (unpaired) electrons. The molecule has 1 atom stereocenters. The fourth-order valence-electron chi connectivity index (χ4n) is 2.16. The summed E-state index contributed by atoms with van der Waals surface area (Å²) in [6, 6.07) is 7.80. The van der Waals surface area contributed by atoms with E-state index < -0.39 is 0 Å². The van der Waals surface area contributed by atoms with Crippen molar-refractivity contribution in [1.82, 2.24) is 10.1 Å². The summed E-state index contributed by atoms with van der Waals surface area (Å²) in [7, 11) is 0. The molecule has 1 aliphatic rings. The molecule has 20 heavy (non-hydrogen) atoms. The van der Waals surface area contributed by atoms with Gasteiger partial charge in [-0.15, -0.1) is 0 Å². The van der Waals surface area contributed by atoms with Gasteiger partial charge in [0.2, 0.25) is 11.7 Å². The summed E-state index contributed by atoms with van der Waals surface area (Å²) < 4.78 is 11.0. The van der Waals surface area contributed by atoms with Gasteiger partial charge in [0.05, 0.1) is 6.54 Å². The number of ether oxygens (including phenoxy) is 1. The van der Waals surface area contributed by atoms with Gasteiger partial charge in [-0.1, -0.05) is 17.3 Å². The molecule has 0 amide bonds. The SMILES string of the molecule is NCc1nc(-c2cccc(OC3CCCSC3)c2)no1. The van der Waals surface area contributed by atoms with Crippen molar-refractivity contribution in [1.29, 1.82) is 0 Å². The van der Waals surface area contributed by atoms with E-state index in [9.17, 15) is 0 Å². The molecule has 0 saturated carbocycles. The highest BCUT2D eigenvalue weighted by atomic mass is 32.2. The zero-order valence-electron chi connectivity index (χ0n) is 11.1. The van der Waals surface area contributed by atoms with E-state index in [2.05, 4.69) is 10.1 Å². The number of aromatic nitrogens is 2. The molecule has 0 aliphatic carbocycles. The van der Waals surface area contributed by atoms with Crippen LogP contribution in [0, 0.1) is 0 Å². The molecule has 0 spiro atoms. The Labute approximate surface area is 121 Å². The molecule has 1 fully saturated rings. The summed E-state index contributed by atoms with van der Waals surface area (Å²) >= 11 is 1.95. The van der Waals surface area contributed by atoms with Crippen LogP contribution in [0.3, 0.4) is 0 Å². The monoisotopic (exact) mass is 291 g/mol. The van der Waals surface area contributed by atoms with E-state index in [0.29, 0.717) is 17.8 Å². The maximum absolute atomic E-state index is 6.02. The van der Waals surface area contributed by atoms with Crippen molar-refractivity contribution in [3.05, 3.63) is 30.2 Å². The third kappa shape index (κ3) is 3.13. The lowest BCUT2D eigenvalue weighted by Crippen LogP contribution is -2.23. The summed E-state index contributed by atoms with van der Waals surface area (Å²) in [6.07, 6.45) is 2.64. The Kier molecular flexibility index (Phi) is 4.22. The molecule has 5 nitrogen and oxygen atoms in total. The standard InChI is InChI=1S/C14H17N3O2S/c15-8-13-16-14(17-19-13)10-3-1-4-11(7-10)18-12-5-2-6-20-9-12/h1,3-4,7,12H,2,5-6,8-9,15H2. The number of nitrogens with zero attached hydrogens (tertiary/aromatic N) is 2. The minimum Gasteiger partial charge on any atom is -0.490 e. The van der Waals surface area contributed by atoms with Gasteiger partial charge in [-0.25, -0.2) is 0 Å². The van der Waals surface area contributed by atoms with Gasteiger partial charge in [0, 0.05) is 11.3 Å². The molecule has 1 aromatic carbocycles. The van der Waals surface area contributed by atoms with Gasteiger partial charge in [0.15, 0.2) is 0 Å². The predicted octanol–water partition coefficient (Wildman–Crippen LogP) is 2.47. The molecular weight excluding hydrogens is 274 g/mol. The highest BCUT2D eigenvalue weighted by Crippen LogP contribution is 2.26.